The van der Waals surface area contributed by atoms with Crippen molar-refractivity contribution in [1.82, 2.24) is 14.8 Å². The van der Waals surface area contributed by atoms with Crippen molar-refractivity contribution in [2.45, 2.75) is 45.5 Å². The van der Waals surface area contributed by atoms with Gasteiger partial charge in [0.2, 0.25) is 5.91 Å². The quantitative estimate of drug-likeness (QED) is 0.366. The van der Waals surface area contributed by atoms with E-state index in [1.807, 2.05) is 74.7 Å². The Labute approximate surface area is 187 Å². The number of hydrogen-bond acceptors (Lipinski definition) is 5. The van der Waals surface area contributed by atoms with E-state index in [1.54, 1.807) is 6.08 Å². The minimum atomic E-state index is -0.298. The van der Waals surface area contributed by atoms with Crippen LogP contribution in [-0.2, 0) is 11.3 Å². The SMILES string of the molecule is C=CCn1c(SCC(=O)Nc2c(C)cccc2C)nnc1C(C)Oc1ccc(C)cc1. The van der Waals surface area contributed by atoms with E-state index in [0.29, 0.717) is 17.5 Å². The number of carbonyl (C=O) groups is 1. The van der Waals surface area contributed by atoms with E-state index < -0.39 is 0 Å². The lowest BCUT2D eigenvalue weighted by Gasteiger charge is -2.16. The van der Waals surface area contributed by atoms with Crippen molar-refractivity contribution in [3.63, 3.8) is 0 Å². The molecule has 1 amide bonds. The number of para-hydroxylation sites is 1. The van der Waals surface area contributed by atoms with Crippen LogP contribution in [0.25, 0.3) is 0 Å². The number of nitrogens with zero attached hydrogens (tertiary/aromatic N) is 3. The minimum absolute atomic E-state index is 0.0824. The van der Waals surface area contributed by atoms with Crippen molar-refractivity contribution in [2.24, 2.45) is 0 Å². The lowest BCUT2D eigenvalue weighted by Crippen LogP contribution is -2.16. The van der Waals surface area contributed by atoms with Gasteiger partial charge < -0.3 is 10.1 Å². The van der Waals surface area contributed by atoms with E-state index in [9.17, 15) is 4.79 Å². The van der Waals surface area contributed by atoms with Gasteiger partial charge in [-0.05, 0) is 51.0 Å². The largest absolute Gasteiger partial charge is 0.483 e. The normalized spacial score (nSPS) is 11.7. The number of anilines is 1. The lowest BCUT2D eigenvalue weighted by atomic mass is 10.1. The van der Waals surface area contributed by atoms with Gasteiger partial charge in [0.15, 0.2) is 17.1 Å². The third-order valence-electron chi connectivity index (χ3n) is 4.83. The minimum Gasteiger partial charge on any atom is -0.483 e. The molecular weight excluding hydrogens is 408 g/mol. The number of ether oxygens (including phenoxy) is 1. The van der Waals surface area contributed by atoms with E-state index in [4.69, 9.17) is 4.74 Å². The molecular formula is C24H28N4O2S. The standard InChI is InChI=1S/C24H28N4O2S/c1-6-14-28-23(19(5)30-20-12-10-16(2)11-13-20)26-27-24(28)31-15-21(29)25-22-17(3)8-7-9-18(22)4/h6-13,19H,1,14-15H2,2-5H3,(H,25,29). The molecule has 2 aromatic carbocycles. The first-order chi connectivity index (χ1) is 14.9. The second-order valence-corrected chi connectivity index (χ2v) is 8.36. The van der Waals surface area contributed by atoms with E-state index in [0.717, 1.165) is 22.6 Å². The van der Waals surface area contributed by atoms with Gasteiger partial charge >= 0.3 is 0 Å². The molecule has 0 fully saturated rings. The number of nitrogens with one attached hydrogen (secondary N) is 1. The average Bonchev–Trinajstić information content (AvgIpc) is 3.14. The molecule has 0 saturated carbocycles. The number of benzene rings is 2. The smallest absolute Gasteiger partial charge is 0.234 e. The van der Waals surface area contributed by atoms with Gasteiger partial charge in [0.05, 0.1) is 5.75 Å². The molecule has 1 heterocycles. The summed E-state index contributed by atoms with van der Waals surface area (Å²) in [6.07, 6.45) is 1.49. The predicted molar refractivity (Wildman–Crippen MR) is 126 cm³/mol. The molecule has 1 aromatic heterocycles. The molecule has 3 aromatic rings. The fourth-order valence-corrected chi connectivity index (χ4v) is 3.95. The van der Waals surface area contributed by atoms with Crippen LogP contribution in [0.2, 0.25) is 0 Å². The van der Waals surface area contributed by atoms with Crippen LogP contribution in [0.1, 0.15) is 35.5 Å². The number of allylic oxidation sites excluding steroid dienone is 1. The van der Waals surface area contributed by atoms with Crippen molar-refractivity contribution < 1.29 is 9.53 Å². The summed E-state index contributed by atoms with van der Waals surface area (Å²) in [5.41, 5.74) is 4.12. The highest BCUT2D eigenvalue weighted by atomic mass is 32.2. The second-order valence-electron chi connectivity index (χ2n) is 7.42. The highest BCUT2D eigenvalue weighted by Gasteiger charge is 2.20. The molecule has 31 heavy (non-hydrogen) atoms. The van der Waals surface area contributed by atoms with Crippen LogP contribution in [0, 0.1) is 20.8 Å². The molecule has 0 aliphatic rings. The molecule has 6 nitrogen and oxygen atoms in total. The molecule has 0 bridgehead atoms. The van der Waals surface area contributed by atoms with Gasteiger partial charge in [0.1, 0.15) is 5.75 Å². The summed E-state index contributed by atoms with van der Waals surface area (Å²) in [6, 6.07) is 13.8. The van der Waals surface area contributed by atoms with Crippen LogP contribution >= 0.6 is 11.8 Å². The maximum Gasteiger partial charge on any atom is 0.234 e. The zero-order valence-electron chi connectivity index (χ0n) is 18.4. The average molecular weight is 437 g/mol. The number of thioether (sulfide) groups is 1. The van der Waals surface area contributed by atoms with Crippen LogP contribution in [0.3, 0.4) is 0 Å². The third-order valence-corrected chi connectivity index (χ3v) is 5.80. The van der Waals surface area contributed by atoms with Crippen LogP contribution in [0.5, 0.6) is 5.75 Å². The lowest BCUT2D eigenvalue weighted by molar-refractivity contribution is -0.113. The Kier molecular flexibility index (Phi) is 7.52. The van der Waals surface area contributed by atoms with E-state index >= 15 is 0 Å². The van der Waals surface area contributed by atoms with Gasteiger partial charge in [-0.2, -0.15) is 0 Å². The molecule has 162 valence electrons. The van der Waals surface area contributed by atoms with Gasteiger partial charge in [-0.25, -0.2) is 0 Å². The van der Waals surface area contributed by atoms with Crippen LogP contribution in [-0.4, -0.2) is 26.4 Å². The Hall–Kier alpha value is -3.06. The third kappa shape index (κ3) is 5.76. The molecule has 0 aliphatic carbocycles. The second kappa shape index (κ2) is 10.3. The summed E-state index contributed by atoms with van der Waals surface area (Å²) < 4.78 is 7.97. The van der Waals surface area contributed by atoms with Crippen LogP contribution in [0.4, 0.5) is 5.69 Å². The Morgan fingerprint density at radius 2 is 1.84 bits per heavy atom. The van der Waals surface area contributed by atoms with E-state index in [1.165, 1.54) is 17.3 Å². The fraction of sp³-hybridized carbons (Fsp3) is 0.292. The Bertz CT molecular complexity index is 1040. The van der Waals surface area contributed by atoms with Crippen molar-refractivity contribution >= 4 is 23.4 Å². The maximum atomic E-state index is 12.5. The summed E-state index contributed by atoms with van der Waals surface area (Å²) in [7, 11) is 0. The molecule has 0 spiro atoms. The Morgan fingerprint density at radius 3 is 2.48 bits per heavy atom. The molecule has 0 aliphatic heterocycles. The molecule has 1 unspecified atom stereocenters. The molecule has 3 rings (SSSR count). The van der Waals surface area contributed by atoms with Gasteiger partial charge in [-0.1, -0.05) is 53.7 Å². The van der Waals surface area contributed by atoms with Crippen molar-refractivity contribution in [1.29, 1.82) is 0 Å². The summed E-state index contributed by atoms with van der Waals surface area (Å²) in [5, 5.41) is 12.3. The molecule has 1 atom stereocenters. The summed E-state index contributed by atoms with van der Waals surface area (Å²) in [5.74, 6) is 1.61. The number of aryl methyl sites for hydroxylation is 3. The van der Waals surface area contributed by atoms with Gasteiger partial charge in [0.25, 0.3) is 0 Å². The molecule has 1 N–H and O–H groups in total. The first-order valence-corrected chi connectivity index (χ1v) is 11.1. The summed E-state index contributed by atoms with van der Waals surface area (Å²) in [6.45, 7) is 12.3. The number of carbonyl (C=O) groups excluding carboxylic acids is 1. The van der Waals surface area contributed by atoms with Crippen LogP contribution < -0.4 is 10.1 Å². The van der Waals surface area contributed by atoms with Gasteiger partial charge in [-0.3, -0.25) is 9.36 Å². The summed E-state index contributed by atoms with van der Waals surface area (Å²) >= 11 is 1.35. The fourth-order valence-electron chi connectivity index (χ4n) is 3.20. The maximum absolute atomic E-state index is 12.5. The zero-order valence-corrected chi connectivity index (χ0v) is 19.2. The van der Waals surface area contributed by atoms with Crippen molar-refractivity contribution in [3.05, 3.63) is 77.6 Å². The number of amides is 1. The monoisotopic (exact) mass is 436 g/mol. The summed E-state index contributed by atoms with van der Waals surface area (Å²) in [4.78, 5) is 12.5. The zero-order chi connectivity index (χ0) is 22.4. The molecule has 7 heteroatoms. The van der Waals surface area contributed by atoms with Crippen molar-refractivity contribution in [3.8, 4) is 5.75 Å². The molecule has 0 saturated heterocycles. The first kappa shape index (κ1) is 22.6. The molecule has 0 radical (unpaired) electrons. The van der Waals surface area contributed by atoms with E-state index in [-0.39, 0.29) is 17.8 Å². The van der Waals surface area contributed by atoms with Gasteiger partial charge in [0, 0.05) is 12.2 Å². The van der Waals surface area contributed by atoms with Crippen molar-refractivity contribution in [2.75, 3.05) is 11.1 Å². The number of hydrogen-bond donors (Lipinski definition) is 1. The predicted octanol–water partition coefficient (Wildman–Crippen LogP) is 5.26. The van der Waals surface area contributed by atoms with Crippen LogP contribution in [0.15, 0.2) is 60.3 Å². The number of rotatable bonds is 9. The first-order valence-electron chi connectivity index (χ1n) is 10.1. The Morgan fingerprint density at radius 1 is 1.16 bits per heavy atom. The topological polar surface area (TPSA) is 69.0 Å². The van der Waals surface area contributed by atoms with E-state index in [2.05, 4.69) is 22.1 Å². The Balaban J connectivity index is 1.68. The highest BCUT2D eigenvalue weighted by molar-refractivity contribution is 7.99. The highest BCUT2D eigenvalue weighted by Crippen LogP contribution is 2.26. The number of aromatic nitrogens is 3. The van der Waals surface area contributed by atoms with Gasteiger partial charge in [-0.15, -0.1) is 16.8 Å².